The maximum absolute atomic E-state index is 12.3. The van der Waals surface area contributed by atoms with Crippen molar-refractivity contribution in [3.63, 3.8) is 0 Å². The number of thiazole rings is 1. The molecule has 0 saturated carbocycles. The predicted octanol–water partition coefficient (Wildman–Crippen LogP) is 2.40. The molecular weight excluding hydrogens is 274 g/mol. The molecule has 1 aromatic carbocycles. The molecule has 2 rings (SSSR count). The number of carbonyl (C=O) groups is 1. The van der Waals surface area contributed by atoms with Gasteiger partial charge >= 0.3 is 0 Å². The monoisotopic (exact) mass is 291 g/mol. The Bertz CT molecular complexity index is 609. The number of anilines is 1. The molecule has 106 valence electrons. The van der Waals surface area contributed by atoms with Crippen LogP contribution in [-0.4, -0.2) is 18.0 Å². The summed E-state index contributed by atoms with van der Waals surface area (Å²) in [4.78, 5) is 16.5. The van der Waals surface area contributed by atoms with E-state index in [-0.39, 0.29) is 5.91 Å². The molecule has 20 heavy (non-hydrogen) atoms. The molecule has 5 nitrogen and oxygen atoms in total. The number of methoxy groups -OCH3 is 1. The van der Waals surface area contributed by atoms with E-state index in [1.165, 1.54) is 18.4 Å². The van der Waals surface area contributed by atoms with Gasteiger partial charge in [-0.25, -0.2) is 4.98 Å². The van der Waals surface area contributed by atoms with Crippen LogP contribution in [0.15, 0.2) is 29.8 Å². The summed E-state index contributed by atoms with van der Waals surface area (Å²) < 4.78 is 5.07. The van der Waals surface area contributed by atoms with E-state index in [2.05, 4.69) is 10.3 Å². The predicted molar refractivity (Wildman–Crippen MR) is 80.0 cm³/mol. The number of amides is 1. The Hall–Kier alpha value is -2.08. The highest BCUT2D eigenvalue weighted by atomic mass is 32.1. The lowest BCUT2D eigenvalue weighted by Crippen LogP contribution is -2.40. The Kier molecular flexibility index (Phi) is 3.94. The second-order valence-electron chi connectivity index (χ2n) is 4.87. The molecule has 1 heterocycles. The van der Waals surface area contributed by atoms with Crippen LogP contribution >= 0.6 is 11.3 Å². The van der Waals surface area contributed by atoms with Gasteiger partial charge < -0.3 is 15.8 Å². The number of aromatic nitrogens is 1. The average molecular weight is 291 g/mol. The number of nitrogens with one attached hydrogen (secondary N) is 1. The van der Waals surface area contributed by atoms with Crippen LogP contribution in [0.2, 0.25) is 0 Å². The van der Waals surface area contributed by atoms with E-state index in [9.17, 15) is 4.79 Å². The molecule has 1 amide bonds. The average Bonchev–Trinajstić information content (AvgIpc) is 2.92. The molecule has 2 aromatic rings. The highest BCUT2D eigenvalue weighted by molar-refractivity contribution is 7.09. The van der Waals surface area contributed by atoms with Crippen LogP contribution in [0.4, 0.5) is 5.69 Å². The fraction of sp³-hybridized carbons (Fsp3) is 0.286. The Morgan fingerprint density at radius 2 is 2.20 bits per heavy atom. The maximum Gasteiger partial charge on any atom is 0.252 e. The second kappa shape index (κ2) is 5.50. The number of rotatable bonds is 4. The lowest BCUT2D eigenvalue weighted by molar-refractivity contribution is 0.0912. The smallest absolute Gasteiger partial charge is 0.252 e. The van der Waals surface area contributed by atoms with Gasteiger partial charge in [-0.2, -0.15) is 0 Å². The van der Waals surface area contributed by atoms with E-state index in [4.69, 9.17) is 10.5 Å². The Labute approximate surface area is 121 Å². The molecule has 3 N–H and O–H groups in total. The van der Waals surface area contributed by atoms with Gasteiger partial charge in [0.15, 0.2) is 0 Å². The zero-order valence-corrected chi connectivity index (χ0v) is 12.5. The maximum atomic E-state index is 12.3. The summed E-state index contributed by atoms with van der Waals surface area (Å²) in [7, 11) is 1.54. The Morgan fingerprint density at radius 1 is 1.45 bits per heavy atom. The van der Waals surface area contributed by atoms with Crippen molar-refractivity contribution in [3.8, 4) is 5.75 Å². The third-order valence-electron chi connectivity index (χ3n) is 2.88. The highest BCUT2D eigenvalue weighted by Crippen LogP contribution is 2.25. The van der Waals surface area contributed by atoms with E-state index in [1.807, 2.05) is 19.2 Å². The standard InChI is InChI=1S/C14H17N3O2S/c1-14(2,13-16-6-7-20-13)17-12(18)9-4-5-11(19-3)10(15)8-9/h4-8H,15H2,1-3H3,(H,17,18). The van der Waals surface area contributed by atoms with Crippen molar-refractivity contribution in [2.24, 2.45) is 0 Å². The van der Waals surface area contributed by atoms with Gasteiger partial charge in [-0.3, -0.25) is 4.79 Å². The lowest BCUT2D eigenvalue weighted by Gasteiger charge is -2.24. The second-order valence-corrected chi connectivity index (χ2v) is 5.77. The molecule has 0 spiro atoms. The summed E-state index contributed by atoms with van der Waals surface area (Å²) in [6, 6.07) is 4.97. The van der Waals surface area contributed by atoms with E-state index in [0.29, 0.717) is 17.0 Å². The van der Waals surface area contributed by atoms with Gasteiger partial charge in [0.25, 0.3) is 5.91 Å². The van der Waals surface area contributed by atoms with Gasteiger partial charge in [0.05, 0.1) is 18.3 Å². The summed E-state index contributed by atoms with van der Waals surface area (Å²) in [5.41, 5.74) is 6.22. The third kappa shape index (κ3) is 2.91. The number of carbonyl (C=O) groups excluding carboxylic acids is 1. The minimum absolute atomic E-state index is 0.195. The Balaban J connectivity index is 2.18. The van der Waals surface area contributed by atoms with Gasteiger partial charge in [-0.1, -0.05) is 0 Å². The van der Waals surface area contributed by atoms with E-state index < -0.39 is 5.54 Å². The van der Waals surface area contributed by atoms with Crippen LogP contribution in [-0.2, 0) is 5.54 Å². The molecule has 1 aromatic heterocycles. The minimum atomic E-state index is -0.528. The van der Waals surface area contributed by atoms with Gasteiger partial charge in [0, 0.05) is 17.1 Å². The first-order chi connectivity index (χ1) is 9.44. The largest absolute Gasteiger partial charge is 0.495 e. The van der Waals surface area contributed by atoms with Gasteiger partial charge in [-0.05, 0) is 32.0 Å². The molecule has 0 radical (unpaired) electrons. The summed E-state index contributed by atoms with van der Waals surface area (Å²) in [5.74, 6) is 0.361. The van der Waals surface area contributed by atoms with Crippen LogP contribution in [0.3, 0.4) is 0 Å². The number of benzene rings is 1. The van der Waals surface area contributed by atoms with Crippen LogP contribution in [0.1, 0.15) is 29.2 Å². The summed E-state index contributed by atoms with van der Waals surface area (Å²) in [6.07, 6.45) is 1.72. The first-order valence-electron chi connectivity index (χ1n) is 6.10. The molecular formula is C14H17N3O2S. The topological polar surface area (TPSA) is 77.2 Å². The first-order valence-corrected chi connectivity index (χ1v) is 6.98. The van der Waals surface area contributed by atoms with Gasteiger partial charge in [-0.15, -0.1) is 11.3 Å². The normalized spacial score (nSPS) is 11.2. The van der Waals surface area contributed by atoms with Crippen LogP contribution in [0, 0.1) is 0 Å². The number of ether oxygens (including phenoxy) is 1. The molecule has 0 atom stereocenters. The number of nitrogens with zero attached hydrogens (tertiary/aromatic N) is 1. The van der Waals surface area contributed by atoms with Gasteiger partial charge in [0.1, 0.15) is 10.8 Å². The zero-order chi connectivity index (χ0) is 14.8. The molecule has 0 fully saturated rings. The zero-order valence-electron chi connectivity index (χ0n) is 11.6. The van der Waals surface area contributed by atoms with Crippen molar-refractivity contribution in [1.29, 1.82) is 0 Å². The molecule has 0 unspecified atom stereocenters. The summed E-state index contributed by atoms with van der Waals surface area (Å²) in [6.45, 7) is 3.83. The van der Waals surface area contributed by atoms with Crippen LogP contribution in [0.5, 0.6) is 5.75 Å². The third-order valence-corrected chi connectivity index (χ3v) is 3.98. The fourth-order valence-electron chi connectivity index (χ4n) is 1.82. The fourth-order valence-corrected chi connectivity index (χ4v) is 2.54. The number of nitrogen functional groups attached to an aromatic ring is 1. The van der Waals surface area contributed by atoms with Crippen molar-refractivity contribution < 1.29 is 9.53 Å². The van der Waals surface area contributed by atoms with Crippen molar-refractivity contribution in [2.75, 3.05) is 12.8 Å². The molecule has 0 aliphatic rings. The van der Waals surface area contributed by atoms with E-state index in [1.54, 1.807) is 24.4 Å². The Morgan fingerprint density at radius 3 is 2.75 bits per heavy atom. The quantitative estimate of drug-likeness (QED) is 0.848. The molecule has 6 heteroatoms. The van der Waals surface area contributed by atoms with Crippen LogP contribution < -0.4 is 15.8 Å². The molecule has 0 aliphatic heterocycles. The number of hydrogen-bond acceptors (Lipinski definition) is 5. The van der Waals surface area contributed by atoms with Gasteiger partial charge in [0.2, 0.25) is 0 Å². The van der Waals surface area contributed by atoms with Crippen molar-refractivity contribution in [2.45, 2.75) is 19.4 Å². The summed E-state index contributed by atoms with van der Waals surface area (Å²) in [5, 5.41) is 5.69. The van der Waals surface area contributed by atoms with E-state index >= 15 is 0 Å². The number of hydrogen-bond donors (Lipinski definition) is 2. The van der Waals surface area contributed by atoms with Crippen molar-refractivity contribution in [3.05, 3.63) is 40.3 Å². The minimum Gasteiger partial charge on any atom is -0.495 e. The first kappa shape index (κ1) is 14.3. The molecule has 0 bridgehead atoms. The molecule has 0 aliphatic carbocycles. The highest BCUT2D eigenvalue weighted by Gasteiger charge is 2.26. The van der Waals surface area contributed by atoms with Crippen LogP contribution in [0.25, 0.3) is 0 Å². The van der Waals surface area contributed by atoms with Crippen molar-refractivity contribution in [1.82, 2.24) is 10.3 Å². The lowest BCUT2D eigenvalue weighted by atomic mass is 10.1. The summed E-state index contributed by atoms with van der Waals surface area (Å²) >= 11 is 1.51. The SMILES string of the molecule is COc1ccc(C(=O)NC(C)(C)c2nccs2)cc1N. The molecule has 0 saturated heterocycles. The van der Waals surface area contributed by atoms with Crippen molar-refractivity contribution >= 4 is 22.9 Å². The van der Waals surface area contributed by atoms with E-state index in [0.717, 1.165) is 5.01 Å². The number of nitrogens with two attached hydrogens (primary N) is 1.